The van der Waals surface area contributed by atoms with Crippen LogP contribution in [0.5, 0.6) is 17.2 Å². The van der Waals surface area contributed by atoms with Crippen LogP contribution < -0.4 is 14.2 Å². The highest BCUT2D eigenvalue weighted by Gasteiger charge is 2.13. The van der Waals surface area contributed by atoms with Gasteiger partial charge in [-0.3, -0.25) is 4.79 Å². The number of rotatable bonds is 16. The van der Waals surface area contributed by atoms with Gasteiger partial charge in [-0.05, 0) is 59.7 Å². The lowest BCUT2D eigenvalue weighted by Crippen LogP contribution is -2.13. The van der Waals surface area contributed by atoms with Crippen molar-refractivity contribution in [2.75, 3.05) is 33.5 Å². The van der Waals surface area contributed by atoms with E-state index < -0.39 is 29.7 Å². The molecule has 3 rings (SSSR count). The fourth-order valence-corrected chi connectivity index (χ4v) is 3.52. The van der Waals surface area contributed by atoms with E-state index in [2.05, 4.69) is 22.6 Å². The Kier molecular flexibility index (Phi) is 12.7. The largest absolute Gasteiger partial charge is 0.493 e. The van der Waals surface area contributed by atoms with Crippen molar-refractivity contribution in [3.8, 4) is 28.4 Å². The van der Waals surface area contributed by atoms with Crippen LogP contribution in [-0.4, -0.2) is 57.4 Å². The van der Waals surface area contributed by atoms with Gasteiger partial charge in [0.1, 0.15) is 30.5 Å². The van der Waals surface area contributed by atoms with Crippen LogP contribution in [0.2, 0.25) is 0 Å². The van der Waals surface area contributed by atoms with Crippen molar-refractivity contribution in [2.24, 2.45) is 0 Å². The van der Waals surface area contributed by atoms with E-state index >= 15 is 0 Å². The lowest BCUT2D eigenvalue weighted by molar-refractivity contribution is -0.144. The summed E-state index contributed by atoms with van der Waals surface area (Å²) in [4.78, 5) is 46.6. The van der Waals surface area contributed by atoms with Crippen LogP contribution in [0, 0.1) is 0 Å². The molecule has 230 valence electrons. The standard InChI is InChI=1S/C33H31FO10/c1-22(21-30(35)39-3)31(36)42-18-4-17-40-28-13-15-29(16-14-28)44-33(38)26-7-5-24(6-8-26)25-9-11-27(12-10-25)41-19-20-43-32(37)23(2)34/h5-16H,1-2,4,17-21H2,3H3. The summed E-state index contributed by atoms with van der Waals surface area (Å²) in [6, 6.07) is 20.5. The quantitative estimate of drug-likeness (QED) is 0.0687. The van der Waals surface area contributed by atoms with Crippen LogP contribution >= 0.6 is 0 Å². The lowest BCUT2D eigenvalue weighted by Gasteiger charge is -2.10. The molecule has 0 aliphatic heterocycles. The molecule has 0 amide bonds. The molecular formula is C33H31FO10. The fraction of sp³-hybridized carbons (Fsp3) is 0.212. The summed E-state index contributed by atoms with van der Waals surface area (Å²) >= 11 is 0. The molecular weight excluding hydrogens is 575 g/mol. The summed E-state index contributed by atoms with van der Waals surface area (Å²) in [6.07, 6.45) is 0.187. The van der Waals surface area contributed by atoms with Gasteiger partial charge in [-0.15, -0.1) is 0 Å². The maximum Gasteiger partial charge on any atom is 0.366 e. The summed E-state index contributed by atoms with van der Waals surface area (Å²) in [5, 5.41) is 0. The third-order valence-electron chi connectivity index (χ3n) is 5.81. The molecule has 0 bridgehead atoms. The van der Waals surface area contributed by atoms with E-state index in [1.807, 2.05) is 12.1 Å². The number of ether oxygens (including phenoxy) is 6. The highest BCUT2D eigenvalue weighted by molar-refractivity contribution is 5.93. The van der Waals surface area contributed by atoms with Gasteiger partial charge < -0.3 is 28.4 Å². The molecule has 0 atom stereocenters. The van der Waals surface area contributed by atoms with Gasteiger partial charge in [0.05, 0.1) is 32.3 Å². The Morgan fingerprint density at radius 1 is 0.659 bits per heavy atom. The number of hydrogen-bond acceptors (Lipinski definition) is 10. The first kappa shape index (κ1) is 33.1. The molecule has 0 spiro atoms. The fourth-order valence-electron chi connectivity index (χ4n) is 3.52. The summed E-state index contributed by atoms with van der Waals surface area (Å²) in [5.41, 5.74) is 2.13. The smallest absolute Gasteiger partial charge is 0.366 e. The van der Waals surface area contributed by atoms with Gasteiger partial charge >= 0.3 is 23.9 Å². The zero-order chi connectivity index (χ0) is 31.9. The van der Waals surface area contributed by atoms with Gasteiger partial charge in [0.2, 0.25) is 5.83 Å². The molecule has 0 radical (unpaired) electrons. The average Bonchev–Trinajstić information content (AvgIpc) is 3.03. The second-order valence-corrected chi connectivity index (χ2v) is 9.05. The Balaban J connectivity index is 1.39. The van der Waals surface area contributed by atoms with Gasteiger partial charge in [0.15, 0.2) is 0 Å². The molecule has 0 fully saturated rings. The first-order valence-electron chi connectivity index (χ1n) is 13.4. The predicted molar refractivity (Wildman–Crippen MR) is 157 cm³/mol. The molecule has 3 aromatic rings. The minimum atomic E-state index is -1.16. The Hall–Kier alpha value is -5.45. The zero-order valence-corrected chi connectivity index (χ0v) is 24.0. The summed E-state index contributed by atoms with van der Waals surface area (Å²) in [6.45, 7) is 6.68. The van der Waals surface area contributed by atoms with Crippen LogP contribution in [0.3, 0.4) is 0 Å². The molecule has 0 heterocycles. The molecule has 0 saturated carbocycles. The molecule has 10 nitrogen and oxygen atoms in total. The van der Waals surface area contributed by atoms with Gasteiger partial charge in [-0.25, -0.2) is 14.4 Å². The number of esters is 4. The molecule has 11 heteroatoms. The van der Waals surface area contributed by atoms with Crippen molar-refractivity contribution in [3.05, 3.63) is 103 Å². The normalized spacial score (nSPS) is 10.2. The molecule has 0 N–H and O–H groups in total. The van der Waals surface area contributed by atoms with Crippen LogP contribution in [0.15, 0.2) is 97.4 Å². The van der Waals surface area contributed by atoms with E-state index in [-0.39, 0.29) is 38.4 Å². The minimum absolute atomic E-state index is 0.0146. The molecule has 0 saturated heterocycles. The Morgan fingerprint density at radius 3 is 1.77 bits per heavy atom. The average molecular weight is 607 g/mol. The summed E-state index contributed by atoms with van der Waals surface area (Å²) in [7, 11) is 1.22. The number of benzene rings is 3. The maximum atomic E-state index is 12.6. The van der Waals surface area contributed by atoms with Crippen LogP contribution in [0.25, 0.3) is 11.1 Å². The van der Waals surface area contributed by atoms with Gasteiger partial charge in [0, 0.05) is 12.0 Å². The van der Waals surface area contributed by atoms with Crippen molar-refractivity contribution in [2.45, 2.75) is 12.8 Å². The van der Waals surface area contributed by atoms with E-state index in [4.69, 9.17) is 18.9 Å². The molecule has 0 aromatic heterocycles. The first-order chi connectivity index (χ1) is 21.2. The zero-order valence-electron chi connectivity index (χ0n) is 24.0. The van der Waals surface area contributed by atoms with Crippen molar-refractivity contribution in [3.63, 3.8) is 0 Å². The monoisotopic (exact) mass is 606 g/mol. The van der Waals surface area contributed by atoms with E-state index in [1.54, 1.807) is 60.7 Å². The van der Waals surface area contributed by atoms with Crippen molar-refractivity contribution in [1.82, 2.24) is 0 Å². The van der Waals surface area contributed by atoms with Gasteiger partial charge in [0.25, 0.3) is 0 Å². The molecule has 3 aromatic carbocycles. The number of halogens is 1. The minimum Gasteiger partial charge on any atom is -0.493 e. The van der Waals surface area contributed by atoms with Crippen molar-refractivity contribution >= 4 is 23.9 Å². The topological polar surface area (TPSA) is 124 Å². The number of carbonyl (C=O) groups excluding carboxylic acids is 4. The van der Waals surface area contributed by atoms with Crippen molar-refractivity contribution in [1.29, 1.82) is 0 Å². The molecule has 44 heavy (non-hydrogen) atoms. The molecule has 0 aliphatic rings. The Morgan fingerprint density at radius 2 is 1.18 bits per heavy atom. The number of hydrogen-bond donors (Lipinski definition) is 0. The summed E-state index contributed by atoms with van der Waals surface area (Å²) in [5.74, 6) is -2.62. The summed E-state index contributed by atoms with van der Waals surface area (Å²) < 4.78 is 43.3. The molecule has 0 aliphatic carbocycles. The lowest BCUT2D eigenvalue weighted by atomic mass is 10.0. The van der Waals surface area contributed by atoms with Gasteiger partial charge in [-0.2, -0.15) is 4.39 Å². The Labute approximate surface area is 253 Å². The second-order valence-electron chi connectivity index (χ2n) is 9.05. The highest BCUT2D eigenvalue weighted by atomic mass is 19.1. The van der Waals surface area contributed by atoms with Crippen LogP contribution in [-0.2, 0) is 28.6 Å². The van der Waals surface area contributed by atoms with Crippen LogP contribution in [0.4, 0.5) is 4.39 Å². The third-order valence-corrected chi connectivity index (χ3v) is 5.81. The van der Waals surface area contributed by atoms with E-state index in [0.717, 1.165) is 11.1 Å². The highest BCUT2D eigenvalue weighted by Crippen LogP contribution is 2.24. The Bertz CT molecular complexity index is 1460. The van der Waals surface area contributed by atoms with E-state index in [9.17, 15) is 23.6 Å². The first-order valence-corrected chi connectivity index (χ1v) is 13.4. The third kappa shape index (κ3) is 10.8. The van der Waals surface area contributed by atoms with Gasteiger partial charge in [-0.1, -0.05) is 37.4 Å². The SMILES string of the molecule is C=C(F)C(=O)OCCOc1ccc(-c2ccc(C(=O)Oc3ccc(OCCCOC(=O)C(=C)CC(=O)OC)cc3)cc2)cc1. The number of methoxy groups -OCH3 is 1. The molecule has 0 unspecified atom stereocenters. The van der Waals surface area contributed by atoms with E-state index in [1.165, 1.54) is 7.11 Å². The maximum absolute atomic E-state index is 12.6. The van der Waals surface area contributed by atoms with Crippen LogP contribution in [0.1, 0.15) is 23.2 Å². The van der Waals surface area contributed by atoms with Crippen molar-refractivity contribution < 1.29 is 52.0 Å². The predicted octanol–water partition coefficient (Wildman–Crippen LogP) is 5.41. The van der Waals surface area contributed by atoms with E-state index in [0.29, 0.717) is 29.2 Å². The number of carbonyl (C=O) groups is 4. The second kappa shape index (κ2) is 16.9.